The Hall–Kier alpha value is -3.04. The Bertz CT molecular complexity index is 1200. The highest BCUT2D eigenvalue weighted by Gasteiger charge is 2.11. The van der Waals surface area contributed by atoms with Gasteiger partial charge in [-0.25, -0.2) is 4.39 Å². The fourth-order valence-electron chi connectivity index (χ4n) is 3.47. The summed E-state index contributed by atoms with van der Waals surface area (Å²) in [7, 11) is 0. The van der Waals surface area contributed by atoms with Crippen LogP contribution >= 0.6 is 11.6 Å². The van der Waals surface area contributed by atoms with Gasteiger partial charge in [0, 0.05) is 23.4 Å². The van der Waals surface area contributed by atoms with E-state index in [9.17, 15) is 4.39 Å². The fourth-order valence-corrected chi connectivity index (χ4v) is 3.69. The van der Waals surface area contributed by atoms with Crippen molar-refractivity contribution in [3.8, 4) is 5.75 Å². The summed E-state index contributed by atoms with van der Waals surface area (Å²) in [6.45, 7) is 5.11. The van der Waals surface area contributed by atoms with Gasteiger partial charge in [0.2, 0.25) is 0 Å². The standard InChI is InChI=1S/C26H23ClFNO/c1-17-7-11-22(13-18(17)2)29-15-24-23-6-4-3-5-19(23)9-12-26(24)30-16-20-8-10-21(28)14-25(20)27/h3-14,29H,15-16H2,1-2H3. The zero-order valence-electron chi connectivity index (χ0n) is 17.0. The van der Waals surface area contributed by atoms with Gasteiger partial charge in [0.1, 0.15) is 18.2 Å². The molecular formula is C26H23ClFNO. The molecule has 152 valence electrons. The van der Waals surface area contributed by atoms with Crippen LogP contribution < -0.4 is 10.1 Å². The molecule has 4 heteroatoms. The van der Waals surface area contributed by atoms with Gasteiger partial charge >= 0.3 is 0 Å². The van der Waals surface area contributed by atoms with Crippen LogP contribution in [-0.4, -0.2) is 0 Å². The second-order valence-electron chi connectivity index (χ2n) is 7.44. The molecule has 4 aromatic carbocycles. The van der Waals surface area contributed by atoms with Crippen LogP contribution in [0.2, 0.25) is 5.02 Å². The van der Waals surface area contributed by atoms with Crippen LogP contribution in [0.5, 0.6) is 5.75 Å². The molecule has 0 saturated heterocycles. The van der Waals surface area contributed by atoms with Gasteiger partial charge in [-0.05, 0) is 66.1 Å². The van der Waals surface area contributed by atoms with Crippen molar-refractivity contribution < 1.29 is 9.13 Å². The molecule has 1 N–H and O–H groups in total. The van der Waals surface area contributed by atoms with Crippen LogP contribution in [0.25, 0.3) is 10.8 Å². The van der Waals surface area contributed by atoms with Crippen LogP contribution in [0.15, 0.2) is 72.8 Å². The number of ether oxygens (including phenoxy) is 1. The van der Waals surface area contributed by atoms with Gasteiger partial charge in [0.15, 0.2) is 0 Å². The van der Waals surface area contributed by atoms with Crippen LogP contribution in [0.3, 0.4) is 0 Å². The molecule has 0 aromatic heterocycles. The van der Waals surface area contributed by atoms with Gasteiger partial charge in [-0.3, -0.25) is 0 Å². The predicted molar refractivity (Wildman–Crippen MR) is 123 cm³/mol. The monoisotopic (exact) mass is 419 g/mol. The normalized spacial score (nSPS) is 10.9. The van der Waals surface area contributed by atoms with E-state index >= 15 is 0 Å². The van der Waals surface area contributed by atoms with Crippen molar-refractivity contribution in [2.24, 2.45) is 0 Å². The molecule has 0 amide bonds. The smallest absolute Gasteiger partial charge is 0.125 e. The van der Waals surface area contributed by atoms with Crippen LogP contribution in [0, 0.1) is 19.7 Å². The van der Waals surface area contributed by atoms with Crippen LogP contribution in [0.1, 0.15) is 22.3 Å². The molecule has 0 radical (unpaired) electrons. The Balaban J connectivity index is 1.62. The molecule has 2 nitrogen and oxygen atoms in total. The number of hydrogen-bond acceptors (Lipinski definition) is 2. The third kappa shape index (κ3) is 4.42. The molecule has 0 fully saturated rings. The van der Waals surface area contributed by atoms with Gasteiger partial charge in [0.25, 0.3) is 0 Å². The average Bonchev–Trinajstić information content (AvgIpc) is 2.74. The van der Waals surface area contributed by atoms with E-state index in [-0.39, 0.29) is 12.4 Å². The molecule has 0 heterocycles. The third-order valence-electron chi connectivity index (χ3n) is 5.37. The van der Waals surface area contributed by atoms with Gasteiger partial charge in [0.05, 0.1) is 5.02 Å². The Morgan fingerprint density at radius 1 is 0.900 bits per heavy atom. The summed E-state index contributed by atoms with van der Waals surface area (Å²) >= 11 is 6.17. The van der Waals surface area contributed by atoms with Crippen molar-refractivity contribution in [1.82, 2.24) is 0 Å². The summed E-state index contributed by atoms with van der Waals surface area (Å²) in [6.07, 6.45) is 0. The molecule has 0 aliphatic heterocycles. The van der Waals surface area contributed by atoms with Crippen molar-refractivity contribution in [3.63, 3.8) is 0 Å². The predicted octanol–water partition coefficient (Wildman–Crippen LogP) is 7.44. The minimum Gasteiger partial charge on any atom is -0.488 e. The molecule has 30 heavy (non-hydrogen) atoms. The fraction of sp³-hybridized carbons (Fsp3) is 0.154. The molecule has 4 aromatic rings. The molecule has 0 aliphatic carbocycles. The maximum atomic E-state index is 13.3. The first kappa shape index (κ1) is 20.2. The summed E-state index contributed by atoms with van der Waals surface area (Å²) < 4.78 is 19.5. The summed E-state index contributed by atoms with van der Waals surface area (Å²) in [5, 5.41) is 6.18. The van der Waals surface area contributed by atoms with Crippen molar-refractivity contribution in [1.29, 1.82) is 0 Å². The van der Waals surface area contributed by atoms with Gasteiger partial charge in [-0.2, -0.15) is 0 Å². The first-order chi connectivity index (χ1) is 14.5. The average molecular weight is 420 g/mol. The maximum Gasteiger partial charge on any atom is 0.125 e. The van der Waals surface area contributed by atoms with Gasteiger partial charge in [-0.15, -0.1) is 0 Å². The maximum absolute atomic E-state index is 13.3. The lowest BCUT2D eigenvalue weighted by molar-refractivity contribution is 0.304. The quantitative estimate of drug-likeness (QED) is 0.350. The largest absolute Gasteiger partial charge is 0.488 e. The highest BCUT2D eigenvalue weighted by atomic mass is 35.5. The van der Waals surface area contributed by atoms with E-state index < -0.39 is 0 Å². The number of rotatable bonds is 6. The number of anilines is 1. The first-order valence-electron chi connectivity index (χ1n) is 9.90. The second kappa shape index (κ2) is 8.76. The lowest BCUT2D eigenvalue weighted by Crippen LogP contribution is -2.05. The van der Waals surface area contributed by atoms with Crippen molar-refractivity contribution in [2.75, 3.05) is 5.32 Å². The van der Waals surface area contributed by atoms with Gasteiger partial charge < -0.3 is 10.1 Å². The summed E-state index contributed by atoms with van der Waals surface area (Å²) in [5.41, 5.74) is 5.41. The topological polar surface area (TPSA) is 21.3 Å². The van der Waals surface area contributed by atoms with E-state index in [2.05, 4.69) is 55.6 Å². The second-order valence-corrected chi connectivity index (χ2v) is 7.85. The molecule has 4 rings (SSSR count). The van der Waals surface area contributed by atoms with E-state index in [0.29, 0.717) is 11.6 Å². The van der Waals surface area contributed by atoms with E-state index in [1.165, 1.54) is 23.3 Å². The Morgan fingerprint density at radius 2 is 1.73 bits per heavy atom. The van der Waals surface area contributed by atoms with E-state index in [1.807, 2.05) is 18.2 Å². The van der Waals surface area contributed by atoms with Crippen LogP contribution in [0.4, 0.5) is 10.1 Å². The number of halogens is 2. The number of hydrogen-bond donors (Lipinski definition) is 1. The zero-order chi connectivity index (χ0) is 21.1. The van der Waals surface area contributed by atoms with Crippen molar-refractivity contribution in [2.45, 2.75) is 27.0 Å². The van der Waals surface area contributed by atoms with E-state index in [0.717, 1.165) is 33.3 Å². The lowest BCUT2D eigenvalue weighted by Gasteiger charge is -2.16. The number of nitrogens with one attached hydrogen (secondary N) is 1. The molecule has 0 atom stereocenters. The van der Waals surface area contributed by atoms with Crippen LogP contribution in [-0.2, 0) is 13.2 Å². The Labute approximate surface area is 181 Å². The molecule has 0 saturated carbocycles. The SMILES string of the molecule is Cc1ccc(NCc2c(OCc3ccc(F)cc3Cl)ccc3ccccc23)cc1C. The Morgan fingerprint density at radius 3 is 2.53 bits per heavy atom. The molecular weight excluding hydrogens is 397 g/mol. The summed E-state index contributed by atoms with van der Waals surface area (Å²) in [6, 6.07) is 23.0. The highest BCUT2D eigenvalue weighted by molar-refractivity contribution is 6.31. The van der Waals surface area contributed by atoms with E-state index in [1.54, 1.807) is 6.07 Å². The third-order valence-corrected chi connectivity index (χ3v) is 5.72. The van der Waals surface area contributed by atoms with Crippen molar-refractivity contribution >= 4 is 28.1 Å². The number of aryl methyl sites for hydroxylation is 2. The molecule has 0 spiro atoms. The zero-order valence-corrected chi connectivity index (χ0v) is 17.8. The highest BCUT2D eigenvalue weighted by Crippen LogP contribution is 2.30. The summed E-state index contributed by atoms with van der Waals surface area (Å²) in [5.74, 6) is 0.429. The molecule has 0 bridgehead atoms. The van der Waals surface area contributed by atoms with E-state index in [4.69, 9.17) is 16.3 Å². The van der Waals surface area contributed by atoms with Gasteiger partial charge in [-0.1, -0.05) is 54.1 Å². The molecule has 0 unspecified atom stereocenters. The minimum absolute atomic E-state index is 0.272. The van der Waals surface area contributed by atoms with Crippen molar-refractivity contribution in [3.05, 3.63) is 106 Å². The minimum atomic E-state index is -0.354. The first-order valence-corrected chi connectivity index (χ1v) is 10.3. The lowest BCUT2D eigenvalue weighted by atomic mass is 10.0. The Kier molecular flexibility index (Phi) is 5.91. The number of fused-ring (bicyclic) bond motifs is 1. The summed E-state index contributed by atoms with van der Waals surface area (Å²) in [4.78, 5) is 0. The molecule has 0 aliphatic rings. The number of benzene rings is 4.